The fourth-order valence-electron chi connectivity index (χ4n) is 0.636. The highest BCUT2D eigenvalue weighted by Crippen LogP contribution is 1.88. The van der Waals surface area contributed by atoms with Crippen molar-refractivity contribution < 1.29 is 10.2 Å². The maximum atomic E-state index is 8.91. The van der Waals surface area contributed by atoms with Crippen molar-refractivity contribution in [1.29, 1.82) is 0 Å². The molecule has 1 radical (unpaired) electrons. The van der Waals surface area contributed by atoms with E-state index in [4.69, 9.17) is 10.2 Å². The van der Waals surface area contributed by atoms with E-state index < -0.39 is 6.10 Å². The van der Waals surface area contributed by atoms with Gasteiger partial charge in [-0.2, -0.15) is 5.10 Å². The largest absolute Gasteiger partial charge is 0.394 e. The molecule has 0 aliphatic carbocycles. The summed E-state index contributed by atoms with van der Waals surface area (Å²) in [6.45, 7) is 0.0832. The normalized spacial score (nSPS) is 13.4. The predicted octanol–water partition coefficient (Wildman–Crippen LogP) is -0.964. The quantitative estimate of drug-likeness (QED) is 0.569. The summed E-state index contributed by atoms with van der Waals surface area (Å²) in [4.78, 5) is 0. The third-order valence-corrected chi connectivity index (χ3v) is 1.12. The summed E-state index contributed by atoms with van der Waals surface area (Å²) >= 11 is 0. The SMILES string of the molecule is OC[C@@H](O)Cn1cc[c]n1. The predicted molar refractivity (Wildman–Crippen MR) is 34.2 cm³/mol. The average molecular weight is 141 g/mol. The number of aliphatic hydroxyl groups is 2. The lowest BCUT2D eigenvalue weighted by molar-refractivity contribution is 0.0782. The third kappa shape index (κ3) is 1.82. The Bertz CT molecular complexity index is 174. The van der Waals surface area contributed by atoms with Gasteiger partial charge in [-0.05, 0) is 6.07 Å². The molecule has 1 atom stereocenters. The van der Waals surface area contributed by atoms with Gasteiger partial charge in [0.2, 0.25) is 0 Å². The summed E-state index contributed by atoms with van der Waals surface area (Å²) in [5.74, 6) is 0. The van der Waals surface area contributed by atoms with Gasteiger partial charge in [-0.3, -0.25) is 4.68 Å². The Hall–Kier alpha value is -0.870. The molecule has 0 bridgehead atoms. The minimum absolute atomic E-state index is 0.236. The fourth-order valence-corrected chi connectivity index (χ4v) is 0.636. The van der Waals surface area contributed by atoms with Crippen molar-refractivity contribution in [2.45, 2.75) is 12.6 Å². The summed E-state index contributed by atoms with van der Waals surface area (Å²) in [5.41, 5.74) is 0. The van der Waals surface area contributed by atoms with Crippen LogP contribution in [0.5, 0.6) is 0 Å². The Morgan fingerprint density at radius 3 is 3.00 bits per heavy atom. The second kappa shape index (κ2) is 3.34. The smallest absolute Gasteiger partial charge is 0.113 e. The number of nitrogens with zero attached hydrogens (tertiary/aromatic N) is 2. The van der Waals surface area contributed by atoms with Gasteiger partial charge in [0, 0.05) is 6.20 Å². The zero-order valence-corrected chi connectivity index (χ0v) is 5.44. The van der Waals surface area contributed by atoms with E-state index in [1.54, 1.807) is 12.3 Å². The standard InChI is InChI=1S/C6H9N2O2/c9-5-6(10)4-8-3-1-2-7-8/h1,3,6,9-10H,4-5H2/t6-/m0/s1. The molecule has 2 N–H and O–H groups in total. The highest BCUT2D eigenvalue weighted by molar-refractivity contribution is 4.76. The molecule has 0 fully saturated rings. The van der Waals surface area contributed by atoms with Crippen LogP contribution in [0.4, 0.5) is 0 Å². The first-order valence-corrected chi connectivity index (χ1v) is 3.01. The molecule has 0 aliphatic heterocycles. The molecule has 4 heteroatoms. The van der Waals surface area contributed by atoms with Crippen molar-refractivity contribution in [1.82, 2.24) is 9.78 Å². The van der Waals surface area contributed by atoms with Gasteiger partial charge < -0.3 is 10.2 Å². The molecule has 1 rings (SSSR count). The minimum Gasteiger partial charge on any atom is -0.394 e. The van der Waals surface area contributed by atoms with Crippen LogP contribution >= 0.6 is 0 Å². The summed E-state index contributed by atoms with van der Waals surface area (Å²) in [7, 11) is 0. The Labute approximate surface area is 58.7 Å². The molecule has 1 aromatic heterocycles. The summed E-state index contributed by atoms with van der Waals surface area (Å²) in [6.07, 6.45) is 3.53. The molecule has 1 aromatic rings. The molecule has 10 heavy (non-hydrogen) atoms. The van der Waals surface area contributed by atoms with Crippen LogP contribution in [0.15, 0.2) is 12.3 Å². The molecule has 0 spiro atoms. The van der Waals surface area contributed by atoms with Gasteiger partial charge in [-0.25, -0.2) is 0 Å². The number of hydrogen-bond acceptors (Lipinski definition) is 3. The maximum absolute atomic E-state index is 8.91. The number of aromatic nitrogens is 2. The van der Waals surface area contributed by atoms with Crippen molar-refractivity contribution in [2.75, 3.05) is 6.61 Å². The van der Waals surface area contributed by atoms with E-state index in [0.717, 1.165) is 0 Å². The zero-order valence-electron chi connectivity index (χ0n) is 5.44. The number of aliphatic hydroxyl groups excluding tert-OH is 2. The van der Waals surface area contributed by atoms with Gasteiger partial charge in [-0.1, -0.05) is 0 Å². The number of hydrogen-bond donors (Lipinski definition) is 2. The molecule has 0 unspecified atom stereocenters. The van der Waals surface area contributed by atoms with Crippen LogP contribution in [0.1, 0.15) is 0 Å². The van der Waals surface area contributed by atoms with E-state index in [0.29, 0.717) is 6.54 Å². The van der Waals surface area contributed by atoms with Crippen molar-refractivity contribution in [3.05, 3.63) is 18.5 Å². The van der Waals surface area contributed by atoms with Gasteiger partial charge in [0.05, 0.1) is 19.3 Å². The van der Waals surface area contributed by atoms with Crippen LogP contribution in [0.25, 0.3) is 0 Å². The highest BCUT2D eigenvalue weighted by atomic mass is 16.3. The van der Waals surface area contributed by atoms with Crippen LogP contribution in [0.2, 0.25) is 0 Å². The Morgan fingerprint density at radius 2 is 2.50 bits per heavy atom. The summed E-state index contributed by atoms with van der Waals surface area (Å²) in [6, 6.07) is 1.64. The van der Waals surface area contributed by atoms with E-state index >= 15 is 0 Å². The van der Waals surface area contributed by atoms with E-state index in [1.165, 1.54) is 4.68 Å². The van der Waals surface area contributed by atoms with Crippen LogP contribution in [0.3, 0.4) is 0 Å². The lowest BCUT2D eigenvalue weighted by Gasteiger charge is -2.05. The first-order chi connectivity index (χ1) is 4.83. The van der Waals surface area contributed by atoms with Crippen LogP contribution < -0.4 is 0 Å². The molecular formula is C6H9N2O2. The minimum atomic E-state index is -0.728. The van der Waals surface area contributed by atoms with Gasteiger partial charge >= 0.3 is 0 Å². The Balaban J connectivity index is 2.40. The fraction of sp³-hybridized carbons (Fsp3) is 0.500. The first kappa shape index (κ1) is 7.24. The van der Waals surface area contributed by atoms with Crippen LogP contribution in [-0.2, 0) is 6.54 Å². The van der Waals surface area contributed by atoms with Gasteiger partial charge in [-0.15, -0.1) is 0 Å². The average Bonchev–Trinajstić information content (AvgIpc) is 2.40. The molecular weight excluding hydrogens is 132 g/mol. The monoisotopic (exact) mass is 141 g/mol. The summed E-state index contributed by atoms with van der Waals surface area (Å²) < 4.78 is 1.51. The lowest BCUT2D eigenvalue weighted by atomic mass is 10.4. The second-order valence-corrected chi connectivity index (χ2v) is 2.00. The second-order valence-electron chi connectivity index (χ2n) is 2.00. The van der Waals surface area contributed by atoms with Gasteiger partial charge in [0.15, 0.2) is 0 Å². The number of rotatable bonds is 3. The Morgan fingerprint density at radius 1 is 1.70 bits per heavy atom. The summed E-state index contributed by atoms with van der Waals surface area (Å²) in [5, 5.41) is 21.1. The first-order valence-electron chi connectivity index (χ1n) is 3.01. The zero-order chi connectivity index (χ0) is 7.40. The molecule has 0 aromatic carbocycles. The highest BCUT2D eigenvalue weighted by Gasteiger charge is 2.01. The van der Waals surface area contributed by atoms with Crippen LogP contribution in [0, 0.1) is 6.20 Å². The van der Waals surface area contributed by atoms with Gasteiger partial charge in [0.25, 0.3) is 0 Å². The molecule has 0 amide bonds. The van der Waals surface area contributed by atoms with E-state index in [9.17, 15) is 0 Å². The maximum Gasteiger partial charge on any atom is 0.113 e. The molecule has 1 heterocycles. The molecule has 0 saturated carbocycles. The van der Waals surface area contributed by atoms with Crippen LogP contribution in [-0.4, -0.2) is 32.7 Å². The topological polar surface area (TPSA) is 58.3 Å². The third-order valence-electron chi connectivity index (χ3n) is 1.12. The molecule has 4 nitrogen and oxygen atoms in total. The molecule has 0 saturated heterocycles. The van der Waals surface area contributed by atoms with E-state index in [-0.39, 0.29) is 6.61 Å². The Kier molecular flexibility index (Phi) is 2.42. The van der Waals surface area contributed by atoms with Crippen molar-refractivity contribution in [3.8, 4) is 0 Å². The van der Waals surface area contributed by atoms with E-state index in [2.05, 4.69) is 11.3 Å². The lowest BCUT2D eigenvalue weighted by Crippen LogP contribution is -2.19. The van der Waals surface area contributed by atoms with Crippen molar-refractivity contribution in [3.63, 3.8) is 0 Å². The molecule has 0 aliphatic rings. The molecule has 55 valence electrons. The van der Waals surface area contributed by atoms with Crippen molar-refractivity contribution in [2.24, 2.45) is 0 Å². The van der Waals surface area contributed by atoms with E-state index in [1.807, 2.05) is 0 Å². The van der Waals surface area contributed by atoms with Gasteiger partial charge in [0.1, 0.15) is 6.20 Å². The van der Waals surface area contributed by atoms with Crippen molar-refractivity contribution >= 4 is 0 Å².